The highest BCUT2D eigenvalue weighted by Crippen LogP contribution is 2.15. The topological polar surface area (TPSA) is 12.4 Å². The van der Waals surface area contributed by atoms with Crippen LogP contribution in [0.3, 0.4) is 0 Å². The lowest BCUT2D eigenvalue weighted by Gasteiger charge is -1.94. The predicted molar refractivity (Wildman–Crippen MR) is 62.5 cm³/mol. The fraction of sp³-hybridized carbons (Fsp3) is 0.364. The Labute approximate surface area is 84.3 Å². The van der Waals surface area contributed by atoms with Gasteiger partial charge in [0.15, 0.2) is 0 Å². The van der Waals surface area contributed by atoms with Crippen LogP contribution in [0.25, 0.3) is 0 Å². The molecule has 1 aliphatic rings. The van der Waals surface area contributed by atoms with E-state index in [1.54, 1.807) is 6.08 Å². The van der Waals surface area contributed by atoms with Crippen LogP contribution in [-0.2, 0) is 0 Å². The van der Waals surface area contributed by atoms with Gasteiger partial charge in [0.2, 0.25) is 0 Å². The van der Waals surface area contributed by atoms with Gasteiger partial charge in [0.05, 0.1) is 5.04 Å². The summed E-state index contributed by atoms with van der Waals surface area (Å²) >= 11 is 1.87. The summed E-state index contributed by atoms with van der Waals surface area (Å²) in [6, 6.07) is 0. The molecule has 0 bridgehead atoms. The number of hydrogen-bond donors (Lipinski definition) is 0. The van der Waals surface area contributed by atoms with Crippen molar-refractivity contribution in [3.05, 3.63) is 36.5 Å². The molecule has 0 atom stereocenters. The van der Waals surface area contributed by atoms with Crippen molar-refractivity contribution in [2.75, 3.05) is 12.3 Å². The Morgan fingerprint density at radius 1 is 1.69 bits per heavy atom. The van der Waals surface area contributed by atoms with Crippen LogP contribution in [0.4, 0.5) is 0 Å². The first-order valence-electron chi connectivity index (χ1n) is 4.45. The van der Waals surface area contributed by atoms with E-state index < -0.39 is 0 Å². The zero-order valence-electron chi connectivity index (χ0n) is 7.99. The maximum atomic E-state index is 4.38. The molecule has 70 valence electrons. The molecule has 0 fully saturated rings. The predicted octanol–water partition coefficient (Wildman–Crippen LogP) is 3.21. The Hall–Kier alpha value is -0.760. The van der Waals surface area contributed by atoms with Gasteiger partial charge in [-0.15, -0.1) is 11.8 Å². The average molecular weight is 193 g/mol. The summed E-state index contributed by atoms with van der Waals surface area (Å²) in [6.45, 7) is 6.72. The normalized spacial score (nSPS) is 17.9. The molecule has 0 radical (unpaired) electrons. The van der Waals surface area contributed by atoms with Gasteiger partial charge in [0.25, 0.3) is 0 Å². The standard InChI is InChI=1S/C11H15NS/c1-3-4-5-10(2)6-7-11-12-8-9-13-11/h3-6H,1,7-9H2,2H3/b5-4-,10-6-. The highest BCUT2D eigenvalue weighted by atomic mass is 32.2. The van der Waals surface area contributed by atoms with Crippen molar-refractivity contribution in [3.63, 3.8) is 0 Å². The van der Waals surface area contributed by atoms with Crippen molar-refractivity contribution >= 4 is 16.8 Å². The Balaban J connectivity index is 2.37. The summed E-state index contributed by atoms with van der Waals surface area (Å²) in [4.78, 5) is 4.38. The molecule has 0 amide bonds. The molecule has 1 rings (SSSR count). The van der Waals surface area contributed by atoms with Crippen molar-refractivity contribution < 1.29 is 0 Å². The zero-order valence-corrected chi connectivity index (χ0v) is 8.81. The quantitative estimate of drug-likeness (QED) is 0.624. The van der Waals surface area contributed by atoms with Crippen LogP contribution in [0, 0.1) is 0 Å². The molecule has 0 aliphatic carbocycles. The van der Waals surface area contributed by atoms with Gasteiger partial charge in [-0.2, -0.15) is 0 Å². The van der Waals surface area contributed by atoms with Crippen molar-refractivity contribution in [3.8, 4) is 0 Å². The highest BCUT2D eigenvalue weighted by Gasteiger charge is 2.03. The highest BCUT2D eigenvalue weighted by molar-refractivity contribution is 8.14. The summed E-state index contributed by atoms with van der Waals surface area (Å²) in [7, 11) is 0. The molecular formula is C11H15NS. The first-order valence-corrected chi connectivity index (χ1v) is 5.43. The lowest BCUT2D eigenvalue weighted by Crippen LogP contribution is -1.84. The molecule has 0 N–H and O–H groups in total. The van der Waals surface area contributed by atoms with Gasteiger partial charge in [-0.3, -0.25) is 4.99 Å². The molecule has 0 aromatic heterocycles. The van der Waals surface area contributed by atoms with E-state index in [-0.39, 0.29) is 0 Å². The Bertz CT molecular complexity index is 261. The molecule has 0 unspecified atom stereocenters. The Morgan fingerprint density at radius 3 is 3.15 bits per heavy atom. The van der Waals surface area contributed by atoms with Gasteiger partial charge >= 0.3 is 0 Å². The van der Waals surface area contributed by atoms with E-state index >= 15 is 0 Å². The smallest absolute Gasteiger partial charge is 0.0714 e. The molecule has 13 heavy (non-hydrogen) atoms. The van der Waals surface area contributed by atoms with Crippen LogP contribution in [0.1, 0.15) is 13.3 Å². The summed E-state index contributed by atoms with van der Waals surface area (Å²) in [5, 5.41) is 1.27. The molecule has 1 nitrogen and oxygen atoms in total. The SMILES string of the molecule is C=C/C=C\C(C)=C/CC1=NCCS1. The van der Waals surface area contributed by atoms with E-state index in [4.69, 9.17) is 0 Å². The van der Waals surface area contributed by atoms with Gasteiger partial charge in [-0.1, -0.05) is 36.5 Å². The molecule has 1 heterocycles. The van der Waals surface area contributed by atoms with Gasteiger partial charge < -0.3 is 0 Å². The van der Waals surface area contributed by atoms with E-state index in [1.165, 1.54) is 10.6 Å². The molecule has 0 aromatic carbocycles. The fourth-order valence-corrected chi connectivity index (χ4v) is 1.84. The van der Waals surface area contributed by atoms with E-state index in [0.29, 0.717) is 0 Å². The summed E-state index contributed by atoms with van der Waals surface area (Å²) < 4.78 is 0. The van der Waals surface area contributed by atoms with Gasteiger partial charge in [-0.05, 0) is 6.92 Å². The number of aliphatic imine (C=N–C) groups is 1. The summed E-state index contributed by atoms with van der Waals surface area (Å²) in [5.74, 6) is 1.16. The van der Waals surface area contributed by atoms with Gasteiger partial charge in [-0.25, -0.2) is 0 Å². The maximum Gasteiger partial charge on any atom is 0.0714 e. The lowest BCUT2D eigenvalue weighted by atomic mass is 10.2. The molecule has 0 spiro atoms. The zero-order chi connectivity index (χ0) is 9.52. The van der Waals surface area contributed by atoms with Crippen molar-refractivity contribution in [2.24, 2.45) is 4.99 Å². The largest absolute Gasteiger partial charge is 0.282 e. The third-order valence-electron chi connectivity index (χ3n) is 1.74. The number of hydrogen-bond acceptors (Lipinski definition) is 2. The van der Waals surface area contributed by atoms with Crippen LogP contribution >= 0.6 is 11.8 Å². The van der Waals surface area contributed by atoms with E-state index in [0.717, 1.165) is 18.7 Å². The minimum Gasteiger partial charge on any atom is -0.282 e. The van der Waals surface area contributed by atoms with Crippen molar-refractivity contribution in [2.45, 2.75) is 13.3 Å². The average Bonchev–Trinajstić information content (AvgIpc) is 2.64. The lowest BCUT2D eigenvalue weighted by molar-refractivity contribution is 1.17. The van der Waals surface area contributed by atoms with Crippen molar-refractivity contribution in [1.29, 1.82) is 0 Å². The second kappa shape index (κ2) is 5.81. The number of allylic oxidation sites excluding steroid dienone is 5. The first kappa shape index (κ1) is 10.3. The fourth-order valence-electron chi connectivity index (χ4n) is 1.04. The monoisotopic (exact) mass is 193 g/mol. The number of rotatable bonds is 4. The second-order valence-corrected chi connectivity index (χ2v) is 4.04. The van der Waals surface area contributed by atoms with Crippen LogP contribution < -0.4 is 0 Å². The van der Waals surface area contributed by atoms with E-state index in [2.05, 4.69) is 30.6 Å². The molecule has 2 heteroatoms. The second-order valence-electron chi connectivity index (χ2n) is 2.87. The number of nitrogens with zero attached hydrogens (tertiary/aromatic N) is 1. The molecule has 1 aliphatic heterocycles. The summed E-state index contributed by atoms with van der Waals surface area (Å²) in [5.41, 5.74) is 1.27. The molecular weight excluding hydrogens is 178 g/mol. The van der Waals surface area contributed by atoms with Crippen LogP contribution in [-0.4, -0.2) is 17.3 Å². The van der Waals surface area contributed by atoms with Crippen LogP contribution in [0.2, 0.25) is 0 Å². The van der Waals surface area contributed by atoms with E-state index in [9.17, 15) is 0 Å². The van der Waals surface area contributed by atoms with Crippen LogP contribution in [0.15, 0.2) is 41.4 Å². The third kappa shape index (κ3) is 4.13. The van der Waals surface area contributed by atoms with Crippen molar-refractivity contribution in [1.82, 2.24) is 0 Å². The summed E-state index contributed by atoms with van der Waals surface area (Å²) in [6.07, 6.45) is 9.00. The molecule has 0 saturated carbocycles. The molecule has 0 aromatic rings. The first-order chi connectivity index (χ1) is 6.33. The van der Waals surface area contributed by atoms with Gasteiger partial charge in [0, 0.05) is 18.7 Å². The van der Waals surface area contributed by atoms with Crippen LogP contribution in [0.5, 0.6) is 0 Å². The Morgan fingerprint density at radius 2 is 2.54 bits per heavy atom. The van der Waals surface area contributed by atoms with E-state index in [1.807, 2.05) is 17.8 Å². The minimum atomic E-state index is 0.984. The number of thioether (sulfide) groups is 1. The molecule has 0 saturated heterocycles. The Kier molecular flexibility index (Phi) is 4.61. The maximum absolute atomic E-state index is 4.38. The third-order valence-corrected chi connectivity index (χ3v) is 2.76. The minimum absolute atomic E-state index is 0.984. The van der Waals surface area contributed by atoms with Gasteiger partial charge in [0.1, 0.15) is 0 Å².